The van der Waals surface area contributed by atoms with E-state index in [0.29, 0.717) is 19.1 Å². The number of nitrogens with two attached hydrogens (primary N) is 1. The fourth-order valence-electron chi connectivity index (χ4n) is 1.48. The van der Waals surface area contributed by atoms with E-state index in [0.717, 1.165) is 18.5 Å². The van der Waals surface area contributed by atoms with Gasteiger partial charge in [0.05, 0.1) is 0 Å². The Morgan fingerprint density at radius 1 is 1.33 bits per heavy atom. The molecule has 0 radical (unpaired) electrons. The number of methoxy groups -OCH3 is 1. The van der Waals surface area contributed by atoms with Crippen molar-refractivity contribution in [2.75, 3.05) is 25.6 Å². The quantitative estimate of drug-likeness (QED) is 0.235. The Labute approximate surface area is 108 Å². The number of nitrogens with zero attached hydrogens (tertiary/aromatic N) is 1. The minimum absolute atomic E-state index is 0.565. The average molecular weight is 250 g/mol. The van der Waals surface area contributed by atoms with Gasteiger partial charge in [-0.1, -0.05) is 19.1 Å². The third-order valence-electron chi connectivity index (χ3n) is 2.54. The van der Waals surface area contributed by atoms with Crippen molar-refractivity contribution in [3.63, 3.8) is 0 Å². The van der Waals surface area contributed by atoms with E-state index in [1.54, 1.807) is 7.11 Å². The summed E-state index contributed by atoms with van der Waals surface area (Å²) in [6.45, 7) is 3.51. The van der Waals surface area contributed by atoms with Crippen molar-refractivity contribution in [3.05, 3.63) is 29.8 Å². The number of nitrogens with one attached hydrogen (secondary N) is 2. The molecule has 0 bridgehead atoms. The molecule has 18 heavy (non-hydrogen) atoms. The molecular weight excluding hydrogens is 228 g/mol. The Morgan fingerprint density at radius 3 is 2.61 bits per heavy atom. The Morgan fingerprint density at radius 2 is 2.06 bits per heavy atom. The number of aliphatic imine (C=N–C) groups is 1. The summed E-state index contributed by atoms with van der Waals surface area (Å²) in [7, 11) is 1.68. The number of ether oxygens (including phenoxy) is 1. The van der Waals surface area contributed by atoms with Crippen LogP contribution < -0.4 is 16.6 Å². The lowest BCUT2D eigenvalue weighted by molar-refractivity contribution is 0.197. The molecule has 0 aromatic heterocycles. The predicted molar refractivity (Wildman–Crippen MR) is 75.6 cm³/mol. The van der Waals surface area contributed by atoms with Gasteiger partial charge in [0.15, 0.2) is 0 Å². The number of aryl methyl sites for hydroxylation is 1. The van der Waals surface area contributed by atoms with E-state index in [1.165, 1.54) is 5.56 Å². The second-order valence-corrected chi connectivity index (χ2v) is 3.90. The summed E-state index contributed by atoms with van der Waals surface area (Å²) in [5, 5.41) is 3.13. The molecule has 0 heterocycles. The van der Waals surface area contributed by atoms with Crippen molar-refractivity contribution < 1.29 is 4.74 Å². The van der Waals surface area contributed by atoms with Gasteiger partial charge >= 0.3 is 0 Å². The van der Waals surface area contributed by atoms with Crippen molar-refractivity contribution in [1.29, 1.82) is 0 Å². The molecule has 1 aromatic carbocycles. The lowest BCUT2D eigenvalue weighted by Gasteiger charge is -2.09. The first-order valence-electron chi connectivity index (χ1n) is 6.16. The molecule has 4 N–H and O–H groups in total. The van der Waals surface area contributed by atoms with Gasteiger partial charge in [0.1, 0.15) is 0 Å². The van der Waals surface area contributed by atoms with Gasteiger partial charge in [-0.2, -0.15) is 0 Å². The molecule has 5 heteroatoms. The van der Waals surface area contributed by atoms with Crippen LogP contribution in [0.3, 0.4) is 0 Å². The molecule has 5 nitrogen and oxygen atoms in total. The smallest absolute Gasteiger partial charge is 0.210 e. The van der Waals surface area contributed by atoms with Gasteiger partial charge in [-0.15, -0.1) is 0 Å². The van der Waals surface area contributed by atoms with Crippen LogP contribution in [-0.4, -0.2) is 26.2 Å². The minimum Gasteiger partial charge on any atom is -0.385 e. The zero-order valence-corrected chi connectivity index (χ0v) is 11.1. The second-order valence-electron chi connectivity index (χ2n) is 3.90. The Bertz CT molecular complexity index is 362. The molecule has 0 atom stereocenters. The van der Waals surface area contributed by atoms with Crippen LogP contribution in [0.15, 0.2) is 29.3 Å². The van der Waals surface area contributed by atoms with E-state index in [9.17, 15) is 0 Å². The summed E-state index contributed by atoms with van der Waals surface area (Å²) in [4.78, 5) is 4.31. The molecule has 0 unspecified atom stereocenters. The average Bonchev–Trinajstić information content (AvgIpc) is 2.43. The van der Waals surface area contributed by atoms with Crippen LogP contribution in [0.25, 0.3) is 0 Å². The van der Waals surface area contributed by atoms with E-state index in [-0.39, 0.29) is 0 Å². The Hall–Kier alpha value is -1.59. The molecule has 0 aliphatic rings. The third kappa shape index (κ3) is 5.16. The summed E-state index contributed by atoms with van der Waals surface area (Å²) in [6.07, 6.45) is 1.91. The number of anilines is 1. The molecule has 1 rings (SSSR count). The van der Waals surface area contributed by atoms with Crippen molar-refractivity contribution in [3.8, 4) is 0 Å². The normalized spacial score (nSPS) is 11.4. The molecule has 100 valence electrons. The summed E-state index contributed by atoms with van der Waals surface area (Å²) in [5.74, 6) is 5.98. The van der Waals surface area contributed by atoms with Gasteiger partial charge in [0, 0.05) is 25.9 Å². The standard InChI is InChI=1S/C13H22N4O/c1-3-11-5-7-12(8-6-11)16-13(17-14)15-9-4-10-18-2/h5-8H,3-4,9-10,14H2,1-2H3,(H2,15,16,17). The van der Waals surface area contributed by atoms with Crippen LogP contribution in [0.1, 0.15) is 18.9 Å². The van der Waals surface area contributed by atoms with Gasteiger partial charge in [-0.25, -0.2) is 5.84 Å². The zero-order valence-electron chi connectivity index (χ0n) is 11.1. The second kappa shape index (κ2) is 8.49. The highest BCUT2D eigenvalue weighted by Gasteiger charge is 1.97. The molecule has 0 saturated carbocycles. The van der Waals surface area contributed by atoms with E-state index in [2.05, 4.69) is 34.8 Å². The lowest BCUT2D eigenvalue weighted by atomic mass is 10.1. The van der Waals surface area contributed by atoms with Crippen molar-refractivity contribution >= 4 is 11.6 Å². The van der Waals surface area contributed by atoms with Gasteiger partial charge in [-0.3, -0.25) is 10.4 Å². The number of hydrogen-bond acceptors (Lipinski definition) is 3. The van der Waals surface area contributed by atoms with E-state index in [1.807, 2.05) is 12.1 Å². The highest BCUT2D eigenvalue weighted by molar-refractivity contribution is 5.93. The monoisotopic (exact) mass is 250 g/mol. The first-order chi connectivity index (χ1) is 8.80. The van der Waals surface area contributed by atoms with Crippen molar-refractivity contribution in [1.82, 2.24) is 5.43 Å². The lowest BCUT2D eigenvalue weighted by Crippen LogP contribution is -2.36. The summed E-state index contributed by atoms with van der Waals surface area (Å²) in [6, 6.07) is 8.20. The fraction of sp³-hybridized carbons (Fsp3) is 0.462. The number of hydrazine groups is 1. The topological polar surface area (TPSA) is 71.7 Å². The number of hydrogen-bond donors (Lipinski definition) is 3. The molecule has 0 saturated heterocycles. The van der Waals surface area contributed by atoms with Gasteiger partial charge in [-0.05, 0) is 30.5 Å². The van der Waals surface area contributed by atoms with Crippen LogP contribution >= 0.6 is 0 Å². The molecule has 0 spiro atoms. The number of rotatable bonds is 6. The number of guanidine groups is 1. The van der Waals surface area contributed by atoms with Crippen LogP contribution in [0.4, 0.5) is 5.69 Å². The fourth-order valence-corrected chi connectivity index (χ4v) is 1.48. The number of benzene rings is 1. The molecule has 1 aromatic rings. The van der Waals surface area contributed by atoms with Crippen LogP contribution in [0.5, 0.6) is 0 Å². The first kappa shape index (κ1) is 14.5. The van der Waals surface area contributed by atoms with Crippen molar-refractivity contribution in [2.24, 2.45) is 10.8 Å². The van der Waals surface area contributed by atoms with Crippen molar-refractivity contribution in [2.45, 2.75) is 19.8 Å². The maximum Gasteiger partial charge on any atom is 0.210 e. The first-order valence-corrected chi connectivity index (χ1v) is 6.16. The van der Waals surface area contributed by atoms with Gasteiger partial charge in [0.2, 0.25) is 5.96 Å². The largest absolute Gasteiger partial charge is 0.385 e. The van der Waals surface area contributed by atoms with E-state index >= 15 is 0 Å². The molecule has 0 aliphatic carbocycles. The highest BCUT2D eigenvalue weighted by atomic mass is 16.5. The predicted octanol–water partition coefficient (Wildman–Crippen LogP) is 1.52. The summed E-state index contributed by atoms with van der Waals surface area (Å²) < 4.78 is 4.96. The van der Waals surface area contributed by atoms with Crippen LogP contribution in [-0.2, 0) is 11.2 Å². The minimum atomic E-state index is 0.565. The van der Waals surface area contributed by atoms with Crippen LogP contribution in [0, 0.1) is 0 Å². The van der Waals surface area contributed by atoms with E-state index < -0.39 is 0 Å². The summed E-state index contributed by atoms with van der Waals surface area (Å²) in [5.41, 5.74) is 4.83. The summed E-state index contributed by atoms with van der Waals surface area (Å²) >= 11 is 0. The Balaban J connectivity index is 2.50. The molecule has 0 amide bonds. The Kier molecular flexibility index (Phi) is 6.83. The van der Waals surface area contributed by atoms with Gasteiger partial charge in [0.25, 0.3) is 0 Å². The molecule has 0 fully saturated rings. The van der Waals surface area contributed by atoms with Crippen LogP contribution in [0.2, 0.25) is 0 Å². The molecular formula is C13H22N4O. The SMILES string of the molecule is CCc1ccc(NC(=NCCCOC)NN)cc1. The maximum atomic E-state index is 5.42. The van der Waals surface area contributed by atoms with E-state index in [4.69, 9.17) is 10.6 Å². The third-order valence-corrected chi connectivity index (χ3v) is 2.54. The molecule has 0 aliphatic heterocycles. The van der Waals surface area contributed by atoms with Gasteiger partial charge < -0.3 is 10.1 Å². The highest BCUT2D eigenvalue weighted by Crippen LogP contribution is 2.09. The maximum absolute atomic E-state index is 5.42. The zero-order chi connectivity index (χ0) is 13.2.